The zero-order valence-corrected chi connectivity index (χ0v) is 12.9. The molecule has 4 heteroatoms. The van der Waals surface area contributed by atoms with Crippen LogP contribution in [0, 0.1) is 12.7 Å². The molecule has 2 rings (SSSR count). The van der Waals surface area contributed by atoms with Crippen LogP contribution in [0.1, 0.15) is 34.5 Å². The zero-order chi connectivity index (χ0) is 14.7. The van der Waals surface area contributed by atoms with Crippen LogP contribution in [-0.2, 0) is 0 Å². The summed E-state index contributed by atoms with van der Waals surface area (Å²) in [6.45, 7) is 3.51. The van der Waals surface area contributed by atoms with Gasteiger partial charge in [0.25, 0.3) is 5.91 Å². The summed E-state index contributed by atoms with van der Waals surface area (Å²) in [4.78, 5) is 12.1. The smallest absolute Gasteiger partial charge is 0.254 e. The number of hydrogen-bond acceptors (Lipinski definition) is 1. The fraction of sp³-hybridized carbons (Fsp3) is 0.188. The van der Waals surface area contributed by atoms with Gasteiger partial charge < -0.3 is 5.32 Å². The van der Waals surface area contributed by atoms with Gasteiger partial charge in [-0.2, -0.15) is 0 Å². The summed E-state index contributed by atoms with van der Waals surface area (Å²) in [6, 6.07) is 12.3. The summed E-state index contributed by atoms with van der Waals surface area (Å²) >= 11 is 3.36. The fourth-order valence-electron chi connectivity index (χ4n) is 1.93. The molecule has 0 aliphatic heterocycles. The quantitative estimate of drug-likeness (QED) is 0.885. The first-order valence-corrected chi connectivity index (χ1v) is 7.10. The van der Waals surface area contributed by atoms with Gasteiger partial charge in [-0.1, -0.05) is 40.2 Å². The Morgan fingerprint density at radius 3 is 2.50 bits per heavy atom. The van der Waals surface area contributed by atoms with Crippen LogP contribution in [0.3, 0.4) is 0 Å². The molecule has 0 saturated carbocycles. The highest BCUT2D eigenvalue weighted by atomic mass is 79.9. The van der Waals surface area contributed by atoms with E-state index in [9.17, 15) is 9.18 Å². The van der Waals surface area contributed by atoms with E-state index in [4.69, 9.17) is 0 Å². The lowest BCUT2D eigenvalue weighted by atomic mass is 10.1. The van der Waals surface area contributed by atoms with Crippen LogP contribution in [0.5, 0.6) is 0 Å². The predicted octanol–water partition coefficient (Wildman–Crippen LogP) is 4.39. The largest absolute Gasteiger partial charge is 0.345 e. The summed E-state index contributed by atoms with van der Waals surface area (Å²) < 4.78 is 14.9. The first kappa shape index (κ1) is 14.7. The van der Waals surface area contributed by atoms with Crippen molar-refractivity contribution in [1.29, 1.82) is 0 Å². The van der Waals surface area contributed by atoms with Crippen molar-refractivity contribution in [3.63, 3.8) is 0 Å². The average molecular weight is 336 g/mol. The molecule has 0 aromatic heterocycles. The number of amides is 1. The Kier molecular flexibility index (Phi) is 4.55. The highest BCUT2D eigenvalue weighted by Gasteiger charge is 2.15. The number of halogens is 2. The van der Waals surface area contributed by atoms with Crippen LogP contribution >= 0.6 is 15.9 Å². The lowest BCUT2D eigenvalue weighted by Crippen LogP contribution is -2.27. The van der Waals surface area contributed by atoms with Crippen LogP contribution < -0.4 is 5.32 Å². The second-order valence-electron chi connectivity index (χ2n) is 4.68. The van der Waals surface area contributed by atoms with Crippen molar-refractivity contribution >= 4 is 21.8 Å². The molecular formula is C16H15BrFNO. The number of rotatable bonds is 3. The monoisotopic (exact) mass is 335 g/mol. The Labute approximate surface area is 126 Å². The van der Waals surface area contributed by atoms with Gasteiger partial charge in [0.1, 0.15) is 5.82 Å². The van der Waals surface area contributed by atoms with Crippen LogP contribution in [0.25, 0.3) is 0 Å². The molecule has 2 aromatic carbocycles. The van der Waals surface area contributed by atoms with E-state index in [0.29, 0.717) is 5.56 Å². The minimum absolute atomic E-state index is 0.0777. The minimum Gasteiger partial charge on any atom is -0.345 e. The van der Waals surface area contributed by atoms with E-state index in [1.165, 1.54) is 6.07 Å². The minimum atomic E-state index is -0.465. The van der Waals surface area contributed by atoms with Crippen LogP contribution in [0.2, 0.25) is 0 Å². The highest BCUT2D eigenvalue weighted by molar-refractivity contribution is 9.10. The molecule has 0 heterocycles. The molecule has 0 spiro atoms. The summed E-state index contributed by atoms with van der Waals surface area (Å²) in [5.74, 6) is -0.866. The summed E-state index contributed by atoms with van der Waals surface area (Å²) in [6.07, 6.45) is 0. The van der Waals surface area contributed by atoms with Gasteiger partial charge in [0.2, 0.25) is 0 Å². The van der Waals surface area contributed by atoms with Gasteiger partial charge in [0.15, 0.2) is 0 Å². The third kappa shape index (κ3) is 3.25. The van der Waals surface area contributed by atoms with Crippen molar-refractivity contribution in [2.75, 3.05) is 0 Å². The zero-order valence-electron chi connectivity index (χ0n) is 11.3. The fourth-order valence-corrected chi connectivity index (χ4v) is 2.20. The normalized spacial score (nSPS) is 12.0. The Hall–Kier alpha value is -1.68. The maximum absolute atomic E-state index is 13.9. The molecule has 0 saturated heterocycles. The Morgan fingerprint density at radius 1 is 1.20 bits per heavy atom. The molecule has 0 aliphatic carbocycles. The van der Waals surface area contributed by atoms with Gasteiger partial charge in [0.05, 0.1) is 11.6 Å². The van der Waals surface area contributed by atoms with Crippen molar-refractivity contribution < 1.29 is 9.18 Å². The third-order valence-corrected chi connectivity index (χ3v) is 3.68. The molecule has 0 aliphatic rings. The molecule has 0 bridgehead atoms. The topological polar surface area (TPSA) is 29.1 Å². The Balaban J connectivity index is 2.15. The predicted molar refractivity (Wildman–Crippen MR) is 81.2 cm³/mol. The van der Waals surface area contributed by atoms with Gasteiger partial charge in [-0.25, -0.2) is 4.39 Å². The molecule has 0 unspecified atom stereocenters. The molecule has 2 aromatic rings. The molecule has 1 amide bonds. The maximum atomic E-state index is 13.9. The molecule has 0 radical (unpaired) electrons. The van der Waals surface area contributed by atoms with Crippen molar-refractivity contribution in [3.8, 4) is 0 Å². The molecule has 104 valence electrons. The molecule has 20 heavy (non-hydrogen) atoms. The van der Waals surface area contributed by atoms with Crippen molar-refractivity contribution in [2.24, 2.45) is 0 Å². The van der Waals surface area contributed by atoms with Gasteiger partial charge in [-0.3, -0.25) is 4.79 Å². The van der Waals surface area contributed by atoms with Gasteiger partial charge >= 0.3 is 0 Å². The van der Waals surface area contributed by atoms with E-state index in [0.717, 1.165) is 10.0 Å². The first-order valence-electron chi connectivity index (χ1n) is 6.30. The number of nitrogens with one attached hydrogen (secondary N) is 1. The maximum Gasteiger partial charge on any atom is 0.254 e. The number of aryl methyl sites for hydroxylation is 1. The number of carbonyl (C=O) groups is 1. The Bertz CT molecular complexity index is 625. The average Bonchev–Trinajstić information content (AvgIpc) is 2.42. The molecule has 1 N–H and O–H groups in total. The van der Waals surface area contributed by atoms with E-state index in [1.807, 2.05) is 31.2 Å². The van der Waals surface area contributed by atoms with Crippen LogP contribution in [-0.4, -0.2) is 5.91 Å². The highest BCUT2D eigenvalue weighted by Crippen LogP contribution is 2.18. The third-order valence-electron chi connectivity index (χ3n) is 3.15. The molecule has 0 fully saturated rings. The molecular weight excluding hydrogens is 321 g/mol. The van der Waals surface area contributed by atoms with Crippen LogP contribution in [0.4, 0.5) is 4.39 Å². The van der Waals surface area contributed by atoms with E-state index in [1.54, 1.807) is 19.1 Å². The number of carbonyl (C=O) groups excluding carboxylic acids is 1. The Morgan fingerprint density at radius 2 is 1.85 bits per heavy atom. The summed E-state index contributed by atoms with van der Waals surface area (Å²) in [5, 5.41) is 2.81. The second-order valence-corrected chi connectivity index (χ2v) is 5.60. The van der Waals surface area contributed by atoms with Gasteiger partial charge in [-0.05, 0) is 43.2 Å². The van der Waals surface area contributed by atoms with E-state index in [-0.39, 0.29) is 11.6 Å². The van der Waals surface area contributed by atoms with Crippen molar-refractivity contribution in [3.05, 3.63) is 69.4 Å². The second kappa shape index (κ2) is 6.18. The lowest BCUT2D eigenvalue weighted by Gasteiger charge is -2.15. The van der Waals surface area contributed by atoms with Crippen LogP contribution in [0.15, 0.2) is 46.9 Å². The van der Waals surface area contributed by atoms with Crippen molar-refractivity contribution in [1.82, 2.24) is 5.32 Å². The molecule has 1 atom stereocenters. The summed E-state index contributed by atoms with van der Waals surface area (Å²) in [7, 11) is 0. The first-order chi connectivity index (χ1) is 9.49. The van der Waals surface area contributed by atoms with E-state index in [2.05, 4.69) is 21.2 Å². The van der Waals surface area contributed by atoms with E-state index < -0.39 is 11.7 Å². The molecule has 2 nitrogen and oxygen atoms in total. The van der Waals surface area contributed by atoms with E-state index >= 15 is 0 Å². The number of hydrogen-bond donors (Lipinski definition) is 1. The lowest BCUT2D eigenvalue weighted by molar-refractivity contribution is 0.0935. The SMILES string of the molecule is Cc1cccc(C(=O)N[C@H](C)c2ccc(Br)cc2)c1F. The van der Waals surface area contributed by atoms with Crippen molar-refractivity contribution in [2.45, 2.75) is 19.9 Å². The summed E-state index contributed by atoms with van der Waals surface area (Å²) in [5.41, 5.74) is 1.51. The van der Waals surface area contributed by atoms with Gasteiger partial charge in [0, 0.05) is 4.47 Å². The van der Waals surface area contributed by atoms with Gasteiger partial charge in [-0.15, -0.1) is 0 Å². The number of benzene rings is 2. The standard InChI is InChI=1S/C16H15BrFNO/c1-10-4-3-5-14(15(10)18)16(20)19-11(2)12-6-8-13(17)9-7-12/h3-9,11H,1-2H3,(H,19,20)/t11-/m1/s1.